The first-order valence-corrected chi connectivity index (χ1v) is 30.0. The van der Waals surface area contributed by atoms with Crippen LogP contribution in [0.2, 0.25) is 0 Å². The Balaban J connectivity index is 1.61. The summed E-state index contributed by atoms with van der Waals surface area (Å²) in [6.45, 7) is -0.921. The lowest BCUT2D eigenvalue weighted by molar-refractivity contribution is -0.150. The third-order valence-electron chi connectivity index (χ3n) is 15.0. The SMILES string of the molecule is C[C@@H](O)[C@H]1NC(=O)[C@@H](CCCN(O)C=O)NC(=O)[C@H](NC(=O)[C@@H](CCCN(O)C=O)NC(=O)[C@H](CO)NC(=O)[C@@H](CCCN=C(N)N)NC(=O)[C@H](CO)NC(=O)[C@H]2CCN[C@@H]3C(NC(=O)CCC(=O)O)=Cc4cc(O)c(O)cc4N23)CCCCNC(=O)[C@@H]([C@@H](C)O)NC1=O. The number of aliphatic hydroxyl groups excluding tert-OH is 4. The summed E-state index contributed by atoms with van der Waals surface area (Å²) in [5.41, 5.74) is 11.4. The number of hydroxylamine groups is 4. The monoisotopic (exact) mass is 1340 g/mol. The maximum absolute atomic E-state index is 14.4. The van der Waals surface area contributed by atoms with Gasteiger partial charge >= 0.3 is 5.97 Å². The van der Waals surface area contributed by atoms with Gasteiger partial charge in [0.2, 0.25) is 71.9 Å². The summed E-state index contributed by atoms with van der Waals surface area (Å²) < 4.78 is 0. The number of carbonyl (C=O) groups is 13. The molecule has 0 spiro atoms. The number of guanidine groups is 1. The molecule has 1 aromatic carbocycles. The van der Waals surface area contributed by atoms with Gasteiger partial charge in [-0.15, -0.1) is 0 Å². The molecule has 2 fully saturated rings. The lowest BCUT2D eigenvalue weighted by Gasteiger charge is -2.47. The van der Waals surface area contributed by atoms with Crippen molar-refractivity contribution in [1.29, 1.82) is 0 Å². The van der Waals surface area contributed by atoms with Gasteiger partial charge in [-0.1, -0.05) is 0 Å². The van der Waals surface area contributed by atoms with Crippen LogP contribution in [0.25, 0.3) is 6.08 Å². The molecule has 39 heteroatoms. The molecule has 0 radical (unpaired) electrons. The van der Waals surface area contributed by atoms with Crippen molar-refractivity contribution < 1.29 is 108 Å². The molecule has 94 heavy (non-hydrogen) atoms. The molecule has 12 amide bonds. The second-order valence-corrected chi connectivity index (χ2v) is 22.3. The first-order valence-electron chi connectivity index (χ1n) is 30.0. The zero-order chi connectivity index (χ0) is 69.9. The van der Waals surface area contributed by atoms with Crippen molar-refractivity contribution >= 4 is 95.6 Å². The smallest absolute Gasteiger partial charge is 0.303 e. The molecule has 4 rings (SSSR count). The highest BCUT2D eigenvalue weighted by Gasteiger charge is 2.43. The highest BCUT2D eigenvalue weighted by Crippen LogP contribution is 2.41. The minimum atomic E-state index is -1.96. The lowest BCUT2D eigenvalue weighted by Crippen LogP contribution is -2.66. The molecule has 3 heterocycles. The Bertz CT molecular complexity index is 2930. The number of phenols is 2. The molecule has 3 aliphatic rings. The fourth-order valence-electron chi connectivity index (χ4n) is 10.0. The topological polar surface area (TPSA) is 610 Å². The number of rotatable bonds is 32. The van der Waals surface area contributed by atoms with Crippen LogP contribution in [0.3, 0.4) is 0 Å². The number of nitrogens with zero attached hydrogens (tertiary/aromatic N) is 4. The molecular weight excluding hydrogens is 1250 g/mol. The third-order valence-corrected chi connectivity index (χ3v) is 15.0. The van der Waals surface area contributed by atoms with Crippen molar-refractivity contribution in [3.63, 3.8) is 0 Å². The maximum Gasteiger partial charge on any atom is 0.303 e. The number of hydrogen-bond donors (Lipinski definition) is 22. The number of nitrogens with one attached hydrogen (secondary N) is 11. The van der Waals surface area contributed by atoms with E-state index in [-0.39, 0.29) is 130 Å². The minimum absolute atomic E-state index is 0.0108. The summed E-state index contributed by atoms with van der Waals surface area (Å²) in [7, 11) is 0. The van der Waals surface area contributed by atoms with Gasteiger partial charge in [0, 0.05) is 44.2 Å². The Morgan fingerprint density at radius 3 is 1.87 bits per heavy atom. The number of aromatic hydroxyl groups is 2. The van der Waals surface area contributed by atoms with Crippen LogP contribution in [0.5, 0.6) is 11.5 Å². The summed E-state index contributed by atoms with van der Waals surface area (Å²) >= 11 is 0. The number of amides is 12. The van der Waals surface area contributed by atoms with Crippen LogP contribution in [0.1, 0.15) is 96.5 Å². The average Bonchev–Trinajstić information content (AvgIpc) is 0.751. The Morgan fingerprint density at radius 2 is 1.27 bits per heavy atom. The van der Waals surface area contributed by atoms with E-state index in [1.54, 1.807) is 0 Å². The Labute approximate surface area is 537 Å². The van der Waals surface area contributed by atoms with Crippen LogP contribution in [0.4, 0.5) is 5.69 Å². The van der Waals surface area contributed by atoms with Gasteiger partial charge in [0.25, 0.3) is 0 Å². The van der Waals surface area contributed by atoms with E-state index < -0.39 is 188 Å². The lowest BCUT2D eigenvalue weighted by atomic mass is 9.96. The fourth-order valence-corrected chi connectivity index (χ4v) is 10.0. The number of carboxylic acid groups (broad SMARTS) is 1. The number of carboxylic acids is 1. The van der Waals surface area contributed by atoms with E-state index in [4.69, 9.17) is 16.6 Å². The Hall–Kier alpha value is -9.54. The normalized spacial score (nSPS) is 21.2. The minimum Gasteiger partial charge on any atom is -0.504 e. The van der Waals surface area contributed by atoms with Crippen molar-refractivity contribution in [2.24, 2.45) is 16.5 Å². The van der Waals surface area contributed by atoms with Gasteiger partial charge in [-0.3, -0.25) is 83.1 Å². The fraction of sp³-hybridized carbons (Fsp3) is 0.600. The van der Waals surface area contributed by atoms with Crippen LogP contribution in [0, 0.1) is 0 Å². The number of nitrogens with two attached hydrogens (primary N) is 2. The van der Waals surface area contributed by atoms with Gasteiger partial charge in [-0.25, -0.2) is 10.1 Å². The molecule has 3 aliphatic heterocycles. The van der Waals surface area contributed by atoms with Crippen LogP contribution < -0.4 is 74.9 Å². The van der Waals surface area contributed by atoms with Gasteiger partial charge in [0.1, 0.15) is 60.5 Å². The van der Waals surface area contributed by atoms with Crippen molar-refractivity contribution in [2.75, 3.05) is 50.8 Å². The largest absolute Gasteiger partial charge is 0.504 e. The summed E-state index contributed by atoms with van der Waals surface area (Å²) in [5, 5.41) is 120. The van der Waals surface area contributed by atoms with E-state index in [1.165, 1.54) is 17.9 Å². The van der Waals surface area contributed by atoms with Gasteiger partial charge < -0.3 is 105 Å². The van der Waals surface area contributed by atoms with Crippen LogP contribution in [0.15, 0.2) is 22.8 Å². The summed E-state index contributed by atoms with van der Waals surface area (Å²) in [4.78, 5) is 178. The number of fused-ring (bicyclic) bond motifs is 3. The molecule has 0 aliphatic carbocycles. The number of carbonyl (C=O) groups excluding carboxylic acids is 12. The highest BCUT2D eigenvalue weighted by atomic mass is 16.5. The number of anilines is 1. The number of aliphatic hydroxyl groups is 4. The summed E-state index contributed by atoms with van der Waals surface area (Å²) in [6.07, 6.45) is -5.32. The number of hydrogen-bond acceptors (Lipinski definition) is 24. The molecule has 39 nitrogen and oxygen atoms in total. The predicted octanol–water partition coefficient (Wildman–Crippen LogP) is -8.84. The molecular formula is C55H85N17O22. The van der Waals surface area contributed by atoms with Crippen molar-refractivity contribution in [3.8, 4) is 11.5 Å². The average molecular weight is 1340 g/mol. The van der Waals surface area contributed by atoms with E-state index in [2.05, 4.69) is 63.5 Å². The van der Waals surface area contributed by atoms with E-state index in [0.29, 0.717) is 0 Å². The van der Waals surface area contributed by atoms with Crippen LogP contribution >= 0.6 is 0 Å². The number of aliphatic imine (C=N–C) groups is 1. The molecule has 12 atom stereocenters. The molecule has 0 saturated carbocycles. The maximum atomic E-state index is 14.4. The zero-order valence-corrected chi connectivity index (χ0v) is 51.5. The zero-order valence-electron chi connectivity index (χ0n) is 51.5. The van der Waals surface area contributed by atoms with Crippen LogP contribution in [-0.4, -0.2) is 259 Å². The van der Waals surface area contributed by atoms with E-state index in [1.807, 2.05) is 0 Å². The molecule has 0 bridgehead atoms. The second kappa shape index (κ2) is 37.8. The third kappa shape index (κ3) is 23.5. The highest BCUT2D eigenvalue weighted by molar-refractivity contribution is 5.99. The molecule has 24 N–H and O–H groups in total. The van der Waals surface area contributed by atoms with E-state index >= 15 is 0 Å². The van der Waals surface area contributed by atoms with Crippen molar-refractivity contribution in [1.82, 2.24) is 68.6 Å². The first-order chi connectivity index (χ1) is 44.5. The Morgan fingerprint density at radius 1 is 0.702 bits per heavy atom. The van der Waals surface area contributed by atoms with E-state index in [9.17, 15) is 103 Å². The summed E-state index contributed by atoms with van der Waals surface area (Å²) in [5.74, 6) is -13.3. The van der Waals surface area contributed by atoms with E-state index in [0.717, 1.165) is 19.1 Å². The molecule has 1 aromatic rings. The molecule has 2 saturated heterocycles. The number of phenolic OH excluding ortho intramolecular Hbond substituents is 2. The van der Waals surface area contributed by atoms with Crippen molar-refractivity contribution in [2.45, 2.75) is 164 Å². The van der Waals surface area contributed by atoms with Gasteiger partial charge in [-0.2, -0.15) is 0 Å². The molecule has 0 aromatic heterocycles. The van der Waals surface area contributed by atoms with Crippen molar-refractivity contribution in [3.05, 3.63) is 23.4 Å². The second-order valence-electron chi connectivity index (χ2n) is 22.3. The van der Waals surface area contributed by atoms with Crippen LogP contribution in [-0.2, 0) is 62.3 Å². The number of benzene rings is 1. The van der Waals surface area contributed by atoms with Gasteiger partial charge in [-0.05, 0) is 96.7 Å². The van der Waals surface area contributed by atoms with Gasteiger partial charge in [0.05, 0.1) is 43.2 Å². The Kier molecular flexibility index (Phi) is 31.0. The predicted molar refractivity (Wildman–Crippen MR) is 323 cm³/mol. The molecule has 522 valence electrons. The standard InChI is InChI=1S/C55H85N17O22/c1-27(77)43-53(91)59-15-4-3-8-30(46(84)63-33(11-7-19-71(94)26-76)49(87)68-44(28(2)78)54(92)69-43)62-47(85)32(10-6-18-70(93)25-75)65-50(88)35(23-73)66-48(86)31(9-5-16-60-55(56)57)64-51(89)36(24-74)67-52(90)37-14-17-58-45-34(61-41(81)12-13-42(82)83)20-29-21-39(79)40(80)22-38(29)72(37)45/h20-22,25-28,30-33,35-37,43-45,58,73-74,77-80,93-94H,3-19,23-24H2,1-2H3,(H,59,91)(H,61,81)(H,62,85)(H,63,84)(H,64,89)(H,65,88)(H,66,86)(H,67,90)(H,68,87)(H,69,92)(H,82,83)(H4,56,57,60)/t27-,28-,30-,31-,32-,33-,35+,36+,37-,43-,44-,45+/m1/s1. The van der Waals surface area contributed by atoms with Gasteiger partial charge in [0.15, 0.2) is 17.5 Å². The first kappa shape index (κ1) is 76.9. The summed E-state index contributed by atoms with van der Waals surface area (Å²) in [6, 6.07) is -12.8. The quantitative estimate of drug-likeness (QED) is 0.00606. The molecule has 0 unspecified atom stereocenters. The number of aliphatic carboxylic acids is 1.